The van der Waals surface area contributed by atoms with E-state index in [2.05, 4.69) is 86.8 Å². The molecule has 3 unspecified atom stereocenters. The molecule has 1 amide bonds. The first-order chi connectivity index (χ1) is 32.0. The Balaban J connectivity index is 4.68. The van der Waals surface area contributed by atoms with Crippen LogP contribution < -0.4 is 5.32 Å². The molecule has 0 fully saturated rings. The number of aliphatic hydroxyl groups is 2. The van der Waals surface area contributed by atoms with Crippen molar-refractivity contribution in [1.29, 1.82) is 0 Å². The van der Waals surface area contributed by atoms with Gasteiger partial charge >= 0.3 is 5.97 Å². The zero-order valence-corrected chi connectivity index (χ0v) is 42.9. The van der Waals surface area contributed by atoms with Gasteiger partial charge < -0.3 is 20.3 Å². The molecule has 0 saturated heterocycles. The second-order valence-electron chi connectivity index (χ2n) is 18.6. The Bertz CT molecular complexity index is 1200. The Morgan fingerprint density at radius 1 is 0.462 bits per heavy atom. The fourth-order valence-electron chi connectivity index (χ4n) is 8.13. The van der Waals surface area contributed by atoms with Crippen LogP contribution >= 0.6 is 0 Å². The zero-order valence-electron chi connectivity index (χ0n) is 42.9. The lowest BCUT2D eigenvalue weighted by Crippen LogP contribution is -2.46. The number of rotatable bonds is 49. The predicted octanol–water partition coefficient (Wildman–Crippen LogP) is 17.0. The van der Waals surface area contributed by atoms with E-state index < -0.39 is 18.2 Å². The van der Waals surface area contributed by atoms with Crippen LogP contribution in [-0.4, -0.2) is 46.9 Å². The molecule has 3 atom stereocenters. The van der Waals surface area contributed by atoms with E-state index in [0.29, 0.717) is 19.3 Å². The number of aliphatic hydroxyl groups excluding tert-OH is 2. The fraction of sp³-hybridized carbons (Fsp3) is 0.763. The van der Waals surface area contributed by atoms with E-state index in [4.69, 9.17) is 4.74 Å². The second-order valence-corrected chi connectivity index (χ2v) is 18.6. The Hall–Kier alpha value is -2.70. The van der Waals surface area contributed by atoms with Crippen LogP contribution in [0, 0.1) is 0 Å². The third kappa shape index (κ3) is 47.6. The van der Waals surface area contributed by atoms with Crippen molar-refractivity contribution in [1.82, 2.24) is 5.32 Å². The zero-order chi connectivity index (χ0) is 47.4. The van der Waals surface area contributed by atoms with Crippen LogP contribution in [0.15, 0.2) is 72.9 Å². The van der Waals surface area contributed by atoms with Crippen molar-refractivity contribution < 1.29 is 24.5 Å². The van der Waals surface area contributed by atoms with E-state index in [9.17, 15) is 19.8 Å². The molecule has 0 heterocycles. The number of carbonyl (C=O) groups excluding carboxylic acids is 2. The lowest BCUT2D eigenvalue weighted by atomic mass is 10.0. The highest BCUT2D eigenvalue weighted by Gasteiger charge is 2.23. The summed E-state index contributed by atoms with van der Waals surface area (Å²) in [6, 6.07) is -0.744. The number of nitrogens with one attached hydrogen (secondary N) is 1. The highest BCUT2D eigenvalue weighted by Crippen LogP contribution is 2.17. The van der Waals surface area contributed by atoms with Crippen molar-refractivity contribution in [2.75, 3.05) is 6.61 Å². The summed E-state index contributed by atoms with van der Waals surface area (Å²) in [5.41, 5.74) is 0. The first-order valence-electron chi connectivity index (χ1n) is 27.7. The number of hydrogen-bond acceptors (Lipinski definition) is 5. The van der Waals surface area contributed by atoms with Gasteiger partial charge in [-0.15, -0.1) is 0 Å². The van der Waals surface area contributed by atoms with Crippen LogP contribution in [0.1, 0.15) is 265 Å². The van der Waals surface area contributed by atoms with E-state index in [0.717, 1.165) is 70.6 Å². The molecule has 0 aromatic carbocycles. The number of amides is 1. The maximum atomic E-state index is 13.2. The van der Waals surface area contributed by atoms with E-state index in [1.165, 1.54) is 148 Å². The lowest BCUT2D eigenvalue weighted by molar-refractivity contribution is -0.148. The smallest absolute Gasteiger partial charge is 0.306 e. The molecule has 376 valence electrons. The molecule has 0 aromatic rings. The Morgan fingerprint density at radius 3 is 1.17 bits per heavy atom. The third-order valence-corrected chi connectivity index (χ3v) is 12.3. The molecule has 0 aromatic heterocycles. The Kier molecular flexibility index (Phi) is 50.1. The molecule has 0 bridgehead atoms. The molecule has 0 spiro atoms. The number of hydrogen-bond donors (Lipinski definition) is 3. The molecule has 6 nitrogen and oxygen atoms in total. The van der Waals surface area contributed by atoms with E-state index >= 15 is 0 Å². The van der Waals surface area contributed by atoms with Crippen molar-refractivity contribution in [3.05, 3.63) is 72.9 Å². The average molecular weight is 908 g/mol. The van der Waals surface area contributed by atoms with Crippen molar-refractivity contribution in [2.24, 2.45) is 0 Å². The van der Waals surface area contributed by atoms with Gasteiger partial charge in [0.15, 0.2) is 0 Å². The number of ether oxygens (including phenoxy) is 1. The first kappa shape index (κ1) is 62.3. The maximum absolute atomic E-state index is 13.2. The average Bonchev–Trinajstić information content (AvgIpc) is 3.30. The molecule has 0 aliphatic carbocycles. The summed E-state index contributed by atoms with van der Waals surface area (Å²) in [6.45, 7) is 6.35. The van der Waals surface area contributed by atoms with Crippen LogP contribution in [0.3, 0.4) is 0 Å². The quantitative estimate of drug-likeness (QED) is 0.0321. The van der Waals surface area contributed by atoms with Gasteiger partial charge in [0.05, 0.1) is 25.2 Å². The van der Waals surface area contributed by atoms with Gasteiger partial charge in [-0.1, -0.05) is 267 Å². The van der Waals surface area contributed by atoms with Gasteiger partial charge in [0.1, 0.15) is 6.10 Å². The minimum absolute atomic E-state index is 0.0469. The highest BCUT2D eigenvalue weighted by atomic mass is 16.5. The highest BCUT2D eigenvalue weighted by molar-refractivity contribution is 5.78. The van der Waals surface area contributed by atoms with E-state index in [1.807, 2.05) is 6.08 Å². The summed E-state index contributed by atoms with van der Waals surface area (Å²) in [7, 11) is 0. The number of esters is 1. The van der Waals surface area contributed by atoms with Gasteiger partial charge in [0.25, 0.3) is 0 Å². The first-order valence-corrected chi connectivity index (χ1v) is 27.7. The van der Waals surface area contributed by atoms with Gasteiger partial charge in [-0.3, -0.25) is 9.59 Å². The van der Waals surface area contributed by atoms with E-state index in [-0.39, 0.29) is 24.9 Å². The van der Waals surface area contributed by atoms with Crippen LogP contribution in [0.25, 0.3) is 0 Å². The summed E-state index contributed by atoms with van der Waals surface area (Å²) in [5, 5.41) is 23.8. The normalized spacial score (nSPS) is 13.7. The minimum atomic E-state index is -0.821. The van der Waals surface area contributed by atoms with Crippen molar-refractivity contribution in [2.45, 2.75) is 283 Å². The molecule has 0 aliphatic rings. The van der Waals surface area contributed by atoms with Crippen molar-refractivity contribution in [3.63, 3.8) is 0 Å². The van der Waals surface area contributed by atoms with Crippen LogP contribution in [0.2, 0.25) is 0 Å². The van der Waals surface area contributed by atoms with Crippen LogP contribution in [-0.2, 0) is 14.3 Å². The van der Waals surface area contributed by atoms with Crippen LogP contribution in [0.5, 0.6) is 0 Å². The molecule has 65 heavy (non-hydrogen) atoms. The van der Waals surface area contributed by atoms with Gasteiger partial charge in [-0.05, 0) is 57.4 Å². The predicted molar refractivity (Wildman–Crippen MR) is 282 cm³/mol. The SMILES string of the molecule is CC/C=C\C/C=C\C/C=C\C/C=C\C/C=C\C/C=C\C(CC(=O)NC(CO)C(O)CCCCCCCCCCCCCCCCCCC)OC(=O)CCCCCCCCCCCCCC. The van der Waals surface area contributed by atoms with E-state index in [1.54, 1.807) is 6.08 Å². The number of unbranched alkanes of at least 4 members (excludes halogenated alkanes) is 27. The largest absolute Gasteiger partial charge is 0.458 e. The summed E-state index contributed by atoms with van der Waals surface area (Å²) in [5.74, 6) is -0.625. The van der Waals surface area contributed by atoms with Gasteiger partial charge in [-0.25, -0.2) is 0 Å². The lowest BCUT2D eigenvalue weighted by Gasteiger charge is -2.23. The summed E-state index contributed by atoms with van der Waals surface area (Å²) < 4.78 is 5.83. The minimum Gasteiger partial charge on any atom is -0.458 e. The third-order valence-electron chi connectivity index (χ3n) is 12.3. The topological polar surface area (TPSA) is 95.9 Å². The van der Waals surface area contributed by atoms with Gasteiger partial charge in [0, 0.05) is 6.42 Å². The monoisotopic (exact) mass is 908 g/mol. The molecule has 0 aliphatic heterocycles. The maximum Gasteiger partial charge on any atom is 0.306 e. The van der Waals surface area contributed by atoms with Crippen molar-refractivity contribution >= 4 is 11.9 Å². The molecule has 0 saturated carbocycles. The number of allylic oxidation sites excluding steroid dienone is 11. The van der Waals surface area contributed by atoms with Gasteiger partial charge in [0.2, 0.25) is 5.91 Å². The molecular weight excluding hydrogens is 803 g/mol. The molecule has 3 N–H and O–H groups in total. The van der Waals surface area contributed by atoms with Crippen LogP contribution in [0.4, 0.5) is 0 Å². The summed E-state index contributed by atoms with van der Waals surface area (Å²) in [6.07, 6.45) is 67.1. The Morgan fingerprint density at radius 2 is 0.800 bits per heavy atom. The molecule has 0 rings (SSSR count). The summed E-state index contributed by atoms with van der Waals surface area (Å²) in [4.78, 5) is 26.1. The molecular formula is C59H105NO5. The number of carbonyl (C=O) groups is 2. The standard InChI is InChI=1S/C59H105NO5/c1-4-7-10-13-16-19-22-25-27-29-31-33-35-38-41-44-47-50-55(65-59(64)52-49-46-43-40-37-24-21-18-15-12-9-6-3)53-58(63)60-56(54-61)57(62)51-48-45-42-39-36-34-32-30-28-26-23-20-17-14-11-8-5-2/h7,10,16,19,25,27,31,33,38,41,47,50,55-57,61-62H,4-6,8-9,11-15,17-18,20-24,26,28-30,32,34-37,39-40,42-46,48-49,51-54H2,1-3H3,(H,60,63)/b10-7-,19-16-,27-25-,33-31-,41-38-,50-47-. The Labute approximate surface area is 402 Å². The fourth-order valence-corrected chi connectivity index (χ4v) is 8.13. The second kappa shape index (κ2) is 52.3. The van der Waals surface area contributed by atoms with Crippen molar-refractivity contribution in [3.8, 4) is 0 Å². The molecule has 6 heteroatoms. The molecule has 0 radical (unpaired) electrons. The van der Waals surface area contributed by atoms with Gasteiger partial charge in [-0.2, -0.15) is 0 Å². The summed E-state index contributed by atoms with van der Waals surface area (Å²) >= 11 is 0.